The highest BCUT2D eigenvalue weighted by molar-refractivity contribution is 6.30. The quantitative estimate of drug-likeness (QED) is 0.850. The molecule has 120 valence electrons. The van der Waals surface area contributed by atoms with E-state index < -0.39 is 5.82 Å². The number of nitrogens with zero attached hydrogens (tertiary/aromatic N) is 2. The van der Waals surface area contributed by atoms with E-state index in [1.165, 1.54) is 6.07 Å². The van der Waals surface area contributed by atoms with Crippen molar-refractivity contribution in [1.82, 2.24) is 9.80 Å². The number of rotatable bonds is 4. The van der Waals surface area contributed by atoms with Gasteiger partial charge in [0.2, 0.25) is 0 Å². The number of halogens is 2. The van der Waals surface area contributed by atoms with Crippen molar-refractivity contribution in [2.45, 2.75) is 6.10 Å². The predicted molar refractivity (Wildman–Crippen MR) is 79.5 cm³/mol. The predicted octanol–water partition coefficient (Wildman–Crippen LogP) is 2.30. The highest BCUT2D eigenvalue weighted by atomic mass is 35.5. The topological polar surface area (TPSA) is 42.0 Å². The van der Waals surface area contributed by atoms with Crippen molar-refractivity contribution < 1.29 is 18.7 Å². The van der Waals surface area contributed by atoms with Gasteiger partial charge in [0.05, 0.1) is 24.3 Å². The molecule has 2 aliphatic rings. The minimum absolute atomic E-state index is 0.109. The summed E-state index contributed by atoms with van der Waals surface area (Å²) in [6.07, 6.45) is -0.368. The summed E-state index contributed by atoms with van der Waals surface area (Å²) in [5.74, 6) is -0.425. The standard InChI is InChI=1S/C15H18ClFN2O3/c16-12-9-11(1-2-13(12)17)14-10-18(5-7-21-14)3-4-19-6-8-22-15(19)20/h1-2,9,14H,3-8,10H2/t14-/m1/s1. The van der Waals surface area contributed by atoms with Gasteiger partial charge in [-0.2, -0.15) is 0 Å². The minimum atomic E-state index is -0.425. The summed E-state index contributed by atoms with van der Waals surface area (Å²) < 4.78 is 23.9. The Balaban J connectivity index is 1.56. The van der Waals surface area contributed by atoms with Gasteiger partial charge in [0.1, 0.15) is 12.4 Å². The fourth-order valence-electron chi connectivity index (χ4n) is 2.71. The lowest BCUT2D eigenvalue weighted by atomic mass is 10.1. The third-order valence-electron chi connectivity index (χ3n) is 4.00. The number of morpholine rings is 1. The molecule has 2 aliphatic heterocycles. The number of benzene rings is 1. The van der Waals surface area contributed by atoms with Crippen LogP contribution in [0.4, 0.5) is 9.18 Å². The van der Waals surface area contributed by atoms with Gasteiger partial charge in [-0.1, -0.05) is 17.7 Å². The fourth-order valence-corrected chi connectivity index (χ4v) is 2.90. The van der Waals surface area contributed by atoms with E-state index in [9.17, 15) is 9.18 Å². The van der Waals surface area contributed by atoms with Gasteiger partial charge in [-0.3, -0.25) is 4.90 Å². The second-order valence-electron chi connectivity index (χ2n) is 5.44. The number of cyclic esters (lactones) is 1. The first-order valence-electron chi connectivity index (χ1n) is 7.34. The van der Waals surface area contributed by atoms with Gasteiger partial charge in [0.15, 0.2) is 0 Å². The Bertz CT molecular complexity index is 558. The summed E-state index contributed by atoms with van der Waals surface area (Å²) in [4.78, 5) is 15.4. The largest absolute Gasteiger partial charge is 0.448 e. The molecule has 1 amide bonds. The van der Waals surface area contributed by atoms with E-state index in [1.807, 2.05) is 0 Å². The molecule has 3 rings (SSSR count). The molecule has 1 atom stereocenters. The van der Waals surface area contributed by atoms with Crippen molar-refractivity contribution >= 4 is 17.7 Å². The van der Waals surface area contributed by atoms with Gasteiger partial charge in [-0.05, 0) is 17.7 Å². The second kappa shape index (κ2) is 6.81. The van der Waals surface area contributed by atoms with E-state index >= 15 is 0 Å². The summed E-state index contributed by atoms with van der Waals surface area (Å²) in [7, 11) is 0. The van der Waals surface area contributed by atoms with Crippen LogP contribution in [-0.4, -0.2) is 61.8 Å². The molecule has 0 unspecified atom stereocenters. The fraction of sp³-hybridized carbons (Fsp3) is 0.533. The van der Waals surface area contributed by atoms with Gasteiger partial charge >= 0.3 is 6.09 Å². The Morgan fingerprint density at radius 2 is 2.14 bits per heavy atom. The first-order valence-corrected chi connectivity index (χ1v) is 7.72. The molecule has 0 N–H and O–H groups in total. The Morgan fingerprint density at radius 3 is 2.86 bits per heavy atom. The SMILES string of the molecule is O=C1OCCN1CCN1CCO[C@@H](c2ccc(F)c(Cl)c2)C1. The molecule has 0 aromatic heterocycles. The van der Waals surface area contributed by atoms with E-state index in [0.29, 0.717) is 32.8 Å². The van der Waals surface area contributed by atoms with Crippen LogP contribution >= 0.6 is 11.6 Å². The Hall–Kier alpha value is -1.37. The Labute approximate surface area is 133 Å². The zero-order valence-corrected chi connectivity index (χ0v) is 12.9. The van der Waals surface area contributed by atoms with E-state index in [1.54, 1.807) is 17.0 Å². The third kappa shape index (κ3) is 3.51. The summed E-state index contributed by atoms with van der Waals surface area (Å²) in [6.45, 7) is 4.65. The van der Waals surface area contributed by atoms with Gasteiger partial charge < -0.3 is 14.4 Å². The van der Waals surface area contributed by atoms with E-state index in [2.05, 4.69) is 4.90 Å². The van der Waals surface area contributed by atoms with Gasteiger partial charge in [0, 0.05) is 26.2 Å². The zero-order valence-electron chi connectivity index (χ0n) is 12.1. The van der Waals surface area contributed by atoms with Crippen LogP contribution in [0.3, 0.4) is 0 Å². The molecule has 5 nitrogen and oxygen atoms in total. The first kappa shape index (κ1) is 15.5. The smallest absolute Gasteiger partial charge is 0.409 e. The maximum absolute atomic E-state index is 13.2. The maximum Gasteiger partial charge on any atom is 0.409 e. The number of carbonyl (C=O) groups excluding carboxylic acids is 1. The monoisotopic (exact) mass is 328 g/mol. The Kier molecular flexibility index (Phi) is 4.81. The third-order valence-corrected chi connectivity index (χ3v) is 4.29. The highest BCUT2D eigenvalue weighted by Crippen LogP contribution is 2.26. The Morgan fingerprint density at radius 1 is 1.27 bits per heavy atom. The number of hydrogen-bond acceptors (Lipinski definition) is 4. The zero-order chi connectivity index (χ0) is 15.5. The van der Waals surface area contributed by atoms with Crippen molar-refractivity contribution in [3.63, 3.8) is 0 Å². The molecular formula is C15H18ClFN2O3. The number of hydrogen-bond donors (Lipinski definition) is 0. The number of amides is 1. The van der Waals surface area contributed by atoms with Crippen LogP contribution in [0.1, 0.15) is 11.7 Å². The molecule has 22 heavy (non-hydrogen) atoms. The molecule has 0 aliphatic carbocycles. The molecule has 1 aromatic rings. The van der Waals surface area contributed by atoms with Crippen molar-refractivity contribution in [2.24, 2.45) is 0 Å². The normalized spacial score (nSPS) is 22.9. The van der Waals surface area contributed by atoms with Crippen LogP contribution in [0.25, 0.3) is 0 Å². The van der Waals surface area contributed by atoms with Crippen molar-refractivity contribution in [1.29, 1.82) is 0 Å². The van der Waals surface area contributed by atoms with Crippen molar-refractivity contribution in [3.05, 3.63) is 34.6 Å². The minimum Gasteiger partial charge on any atom is -0.448 e. The van der Waals surface area contributed by atoms with E-state index in [4.69, 9.17) is 21.1 Å². The first-order chi connectivity index (χ1) is 10.6. The summed E-state index contributed by atoms with van der Waals surface area (Å²) in [5.41, 5.74) is 0.872. The lowest BCUT2D eigenvalue weighted by Gasteiger charge is -2.33. The molecule has 2 saturated heterocycles. The van der Waals surface area contributed by atoms with Crippen LogP contribution < -0.4 is 0 Å². The average Bonchev–Trinajstić information content (AvgIpc) is 2.93. The molecule has 0 radical (unpaired) electrons. The number of ether oxygens (including phenoxy) is 2. The summed E-state index contributed by atoms with van der Waals surface area (Å²) in [5, 5.41) is 0.109. The molecule has 0 saturated carbocycles. The van der Waals surface area contributed by atoms with Crippen LogP contribution in [-0.2, 0) is 9.47 Å². The van der Waals surface area contributed by atoms with Crippen LogP contribution in [0.2, 0.25) is 5.02 Å². The molecule has 2 heterocycles. The van der Waals surface area contributed by atoms with Crippen molar-refractivity contribution in [3.8, 4) is 0 Å². The highest BCUT2D eigenvalue weighted by Gasteiger charge is 2.25. The second-order valence-corrected chi connectivity index (χ2v) is 5.84. The molecule has 7 heteroatoms. The van der Waals surface area contributed by atoms with Crippen LogP contribution in [0, 0.1) is 5.82 Å². The average molecular weight is 329 g/mol. The molecule has 0 spiro atoms. The lowest BCUT2D eigenvalue weighted by molar-refractivity contribution is -0.0311. The van der Waals surface area contributed by atoms with Crippen LogP contribution in [0.5, 0.6) is 0 Å². The van der Waals surface area contributed by atoms with E-state index in [-0.39, 0.29) is 17.2 Å². The molecular weight excluding hydrogens is 311 g/mol. The van der Waals surface area contributed by atoms with Gasteiger partial charge in [-0.15, -0.1) is 0 Å². The number of carbonyl (C=O) groups is 1. The summed E-state index contributed by atoms with van der Waals surface area (Å²) >= 11 is 5.83. The molecule has 2 fully saturated rings. The summed E-state index contributed by atoms with van der Waals surface area (Å²) in [6, 6.07) is 4.68. The van der Waals surface area contributed by atoms with E-state index in [0.717, 1.165) is 18.7 Å². The lowest BCUT2D eigenvalue weighted by Crippen LogP contribution is -2.42. The van der Waals surface area contributed by atoms with Gasteiger partial charge in [0.25, 0.3) is 0 Å². The molecule has 1 aromatic carbocycles. The van der Waals surface area contributed by atoms with Crippen LogP contribution in [0.15, 0.2) is 18.2 Å². The maximum atomic E-state index is 13.2. The van der Waals surface area contributed by atoms with Crippen molar-refractivity contribution in [2.75, 3.05) is 45.9 Å². The van der Waals surface area contributed by atoms with Gasteiger partial charge in [-0.25, -0.2) is 9.18 Å². The molecule has 0 bridgehead atoms.